The van der Waals surface area contributed by atoms with E-state index in [9.17, 15) is 9.59 Å². The minimum atomic E-state index is -0.830. The minimum absolute atomic E-state index is 0.0120. The highest BCUT2D eigenvalue weighted by Crippen LogP contribution is 2.29. The van der Waals surface area contributed by atoms with Crippen LogP contribution in [0, 0.1) is 0 Å². The molecule has 0 radical (unpaired) electrons. The molecular formula is C26H30ClN3O3. The van der Waals surface area contributed by atoms with Crippen LogP contribution >= 0.6 is 11.6 Å². The molecule has 0 saturated heterocycles. The number of aromatic amines is 1. The lowest BCUT2D eigenvalue weighted by Crippen LogP contribution is -2.33. The SMILES string of the molecule is COC(C)(C)C(=O)CCc1ccc(Cl)c(-c2nc(-c3cccc(C(C)(C)C)c3)nc(=O)[nH]2)c1. The van der Waals surface area contributed by atoms with E-state index in [1.165, 1.54) is 7.11 Å². The molecule has 0 spiro atoms. The number of ether oxygens (including phenoxy) is 1. The van der Waals surface area contributed by atoms with Gasteiger partial charge in [0.1, 0.15) is 11.4 Å². The van der Waals surface area contributed by atoms with Crippen molar-refractivity contribution in [2.75, 3.05) is 7.11 Å². The summed E-state index contributed by atoms with van der Waals surface area (Å²) < 4.78 is 5.27. The van der Waals surface area contributed by atoms with Crippen LogP contribution < -0.4 is 5.69 Å². The first-order chi connectivity index (χ1) is 15.4. The Bertz CT molecular complexity index is 1230. The van der Waals surface area contributed by atoms with Gasteiger partial charge in [-0.3, -0.25) is 9.78 Å². The smallest absolute Gasteiger partial charge is 0.348 e. The van der Waals surface area contributed by atoms with Gasteiger partial charge >= 0.3 is 5.69 Å². The zero-order valence-electron chi connectivity index (χ0n) is 20.0. The Morgan fingerprint density at radius 1 is 1.06 bits per heavy atom. The molecule has 174 valence electrons. The molecule has 0 aliphatic heterocycles. The van der Waals surface area contributed by atoms with E-state index in [4.69, 9.17) is 16.3 Å². The molecule has 1 N–H and O–H groups in total. The molecule has 0 fully saturated rings. The molecule has 3 aromatic rings. The van der Waals surface area contributed by atoms with Gasteiger partial charge in [-0.2, -0.15) is 4.98 Å². The van der Waals surface area contributed by atoms with Crippen LogP contribution in [0.25, 0.3) is 22.8 Å². The summed E-state index contributed by atoms with van der Waals surface area (Å²) in [7, 11) is 1.53. The molecular weight excluding hydrogens is 438 g/mol. The van der Waals surface area contributed by atoms with E-state index in [0.717, 1.165) is 16.7 Å². The molecule has 0 atom stereocenters. The molecule has 2 aromatic carbocycles. The van der Waals surface area contributed by atoms with Crippen LogP contribution in [0.1, 0.15) is 52.2 Å². The van der Waals surface area contributed by atoms with Crippen molar-refractivity contribution in [3.63, 3.8) is 0 Å². The summed E-state index contributed by atoms with van der Waals surface area (Å²) in [5, 5.41) is 0.450. The fourth-order valence-electron chi connectivity index (χ4n) is 3.35. The van der Waals surface area contributed by atoms with E-state index in [-0.39, 0.29) is 11.2 Å². The standard InChI is InChI=1S/C26H30ClN3O3/c1-25(2,3)18-9-7-8-17(15-18)22-28-23(30-24(32)29-22)19-14-16(10-12-20(19)27)11-13-21(31)26(4,5)33-6/h7-10,12,14-15H,11,13H2,1-6H3,(H,28,29,30,32). The van der Waals surface area contributed by atoms with Crippen LogP contribution in [-0.2, 0) is 21.4 Å². The maximum absolute atomic E-state index is 12.4. The number of Topliss-reactive ketones (excluding diaryl/α,β-unsaturated/α-hetero) is 1. The zero-order valence-corrected chi connectivity index (χ0v) is 20.7. The van der Waals surface area contributed by atoms with Gasteiger partial charge in [0, 0.05) is 24.7 Å². The summed E-state index contributed by atoms with van der Waals surface area (Å²) in [4.78, 5) is 36.2. The van der Waals surface area contributed by atoms with Crippen molar-refractivity contribution in [2.45, 2.75) is 58.5 Å². The number of methoxy groups -OCH3 is 1. The topological polar surface area (TPSA) is 84.9 Å². The third-order valence-corrected chi connectivity index (χ3v) is 6.08. The maximum atomic E-state index is 12.4. The number of carbonyl (C=O) groups excluding carboxylic acids is 1. The Morgan fingerprint density at radius 2 is 1.79 bits per heavy atom. The number of aromatic nitrogens is 3. The summed E-state index contributed by atoms with van der Waals surface area (Å²) >= 11 is 6.45. The zero-order chi connectivity index (χ0) is 24.4. The second kappa shape index (κ2) is 9.57. The van der Waals surface area contributed by atoms with E-state index < -0.39 is 11.3 Å². The van der Waals surface area contributed by atoms with Gasteiger partial charge in [0.2, 0.25) is 0 Å². The molecule has 0 unspecified atom stereocenters. The fourth-order valence-corrected chi connectivity index (χ4v) is 3.55. The highest BCUT2D eigenvalue weighted by Gasteiger charge is 2.26. The molecule has 33 heavy (non-hydrogen) atoms. The molecule has 0 saturated carbocycles. The Morgan fingerprint density at radius 3 is 2.45 bits per heavy atom. The lowest BCUT2D eigenvalue weighted by atomic mass is 9.86. The average molecular weight is 468 g/mol. The number of hydrogen-bond acceptors (Lipinski definition) is 5. The van der Waals surface area contributed by atoms with Crippen LogP contribution in [0.3, 0.4) is 0 Å². The first-order valence-corrected chi connectivity index (χ1v) is 11.2. The molecule has 6 nitrogen and oxygen atoms in total. The average Bonchev–Trinajstić information content (AvgIpc) is 2.77. The maximum Gasteiger partial charge on any atom is 0.348 e. The van der Waals surface area contributed by atoms with Crippen molar-refractivity contribution in [3.8, 4) is 22.8 Å². The number of H-pyrrole nitrogens is 1. The van der Waals surface area contributed by atoms with Crippen molar-refractivity contribution in [1.29, 1.82) is 0 Å². The third-order valence-electron chi connectivity index (χ3n) is 5.75. The van der Waals surface area contributed by atoms with Crippen molar-refractivity contribution >= 4 is 17.4 Å². The molecule has 0 bridgehead atoms. The Labute approximate surface area is 199 Å². The fraction of sp³-hybridized carbons (Fsp3) is 0.385. The minimum Gasteiger partial charge on any atom is -0.371 e. The Kier molecular flexibility index (Phi) is 7.20. The van der Waals surface area contributed by atoms with Gasteiger partial charge in [0.25, 0.3) is 0 Å². The number of hydrogen-bond donors (Lipinski definition) is 1. The highest BCUT2D eigenvalue weighted by molar-refractivity contribution is 6.33. The first-order valence-electron chi connectivity index (χ1n) is 10.9. The van der Waals surface area contributed by atoms with Crippen LogP contribution in [-0.4, -0.2) is 33.4 Å². The number of ketones is 1. The number of nitrogens with one attached hydrogen (secondary N) is 1. The Balaban J connectivity index is 1.96. The third kappa shape index (κ3) is 5.95. The second-order valence-corrected chi connectivity index (χ2v) is 10.0. The quantitative estimate of drug-likeness (QED) is 0.504. The largest absolute Gasteiger partial charge is 0.371 e. The van der Waals surface area contributed by atoms with Gasteiger partial charge in [0.15, 0.2) is 11.6 Å². The van der Waals surface area contributed by atoms with E-state index in [1.54, 1.807) is 19.9 Å². The number of nitrogens with zero attached hydrogens (tertiary/aromatic N) is 2. The predicted octanol–water partition coefficient (Wildman–Crippen LogP) is 5.38. The number of carbonyl (C=O) groups is 1. The lowest BCUT2D eigenvalue weighted by molar-refractivity contribution is -0.137. The summed E-state index contributed by atoms with van der Waals surface area (Å²) in [6.45, 7) is 9.88. The summed E-state index contributed by atoms with van der Waals surface area (Å²) in [5.74, 6) is 0.679. The summed E-state index contributed by atoms with van der Waals surface area (Å²) in [6, 6.07) is 13.3. The predicted molar refractivity (Wildman–Crippen MR) is 132 cm³/mol. The normalized spacial score (nSPS) is 12.1. The monoisotopic (exact) mass is 467 g/mol. The van der Waals surface area contributed by atoms with Crippen LogP contribution in [0.5, 0.6) is 0 Å². The van der Waals surface area contributed by atoms with Crippen molar-refractivity contribution in [2.24, 2.45) is 0 Å². The molecule has 1 heterocycles. The van der Waals surface area contributed by atoms with Gasteiger partial charge in [-0.05, 0) is 55.0 Å². The van der Waals surface area contributed by atoms with E-state index in [2.05, 4.69) is 35.7 Å². The number of benzene rings is 2. The van der Waals surface area contributed by atoms with Gasteiger partial charge < -0.3 is 4.74 Å². The number of aryl methyl sites for hydroxylation is 1. The van der Waals surface area contributed by atoms with Crippen molar-refractivity contribution in [3.05, 3.63) is 69.1 Å². The van der Waals surface area contributed by atoms with Crippen LogP contribution in [0.2, 0.25) is 5.02 Å². The Hall–Kier alpha value is -2.83. The van der Waals surface area contributed by atoms with Gasteiger partial charge in [0.05, 0.1) is 5.02 Å². The molecule has 0 amide bonds. The van der Waals surface area contributed by atoms with Gasteiger partial charge in [-0.15, -0.1) is 0 Å². The van der Waals surface area contributed by atoms with Crippen molar-refractivity contribution < 1.29 is 9.53 Å². The van der Waals surface area contributed by atoms with E-state index >= 15 is 0 Å². The van der Waals surface area contributed by atoms with Crippen LogP contribution in [0.15, 0.2) is 47.3 Å². The number of halogens is 1. The first kappa shape index (κ1) is 24.8. The molecule has 0 aliphatic carbocycles. The molecule has 7 heteroatoms. The van der Waals surface area contributed by atoms with Crippen LogP contribution in [0.4, 0.5) is 0 Å². The summed E-state index contributed by atoms with van der Waals surface area (Å²) in [5.41, 5.74) is 1.99. The van der Waals surface area contributed by atoms with E-state index in [0.29, 0.717) is 35.1 Å². The molecule has 3 rings (SSSR count). The number of rotatable bonds is 7. The lowest BCUT2D eigenvalue weighted by Gasteiger charge is -2.21. The van der Waals surface area contributed by atoms with Gasteiger partial charge in [-0.1, -0.05) is 56.6 Å². The van der Waals surface area contributed by atoms with Gasteiger partial charge in [-0.25, -0.2) is 9.78 Å². The second-order valence-electron chi connectivity index (χ2n) is 9.61. The van der Waals surface area contributed by atoms with Crippen molar-refractivity contribution in [1.82, 2.24) is 15.0 Å². The molecule has 0 aliphatic rings. The molecule has 1 aromatic heterocycles. The highest BCUT2D eigenvalue weighted by atomic mass is 35.5. The van der Waals surface area contributed by atoms with E-state index in [1.807, 2.05) is 36.4 Å². The summed E-state index contributed by atoms with van der Waals surface area (Å²) in [6.07, 6.45) is 0.846.